The molecule has 7 heteroatoms. The average molecular weight is 463 g/mol. The number of nitrogens with one attached hydrogen (secondary N) is 2. The van der Waals surface area contributed by atoms with Gasteiger partial charge in [0.25, 0.3) is 0 Å². The molecule has 0 radical (unpaired) electrons. The normalized spacial score (nSPS) is 21.8. The average Bonchev–Trinajstić information content (AvgIpc) is 3.57. The molecule has 2 N–H and O–H groups in total. The molecular weight excluding hydrogens is 416 g/mol. The zero-order chi connectivity index (χ0) is 24.9. The molecule has 3 amide bonds. The summed E-state index contributed by atoms with van der Waals surface area (Å²) in [5, 5.41) is 6.09. The van der Waals surface area contributed by atoms with Crippen molar-refractivity contribution in [1.82, 2.24) is 20.4 Å². The molecular formula is C26H46N4O3. The van der Waals surface area contributed by atoms with Crippen molar-refractivity contribution in [2.24, 2.45) is 11.8 Å². The summed E-state index contributed by atoms with van der Waals surface area (Å²) in [6.07, 6.45) is 6.93. The van der Waals surface area contributed by atoms with Gasteiger partial charge in [-0.15, -0.1) is 0 Å². The number of rotatable bonds is 10. The Morgan fingerprint density at radius 2 is 1.61 bits per heavy atom. The minimum absolute atomic E-state index is 0.0453. The van der Waals surface area contributed by atoms with Crippen LogP contribution in [-0.2, 0) is 14.4 Å². The third-order valence-electron chi connectivity index (χ3n) is 6.91. The number of carbonyl (C=O) groups is 3. The van der Waals surface area contributed by atoms with Gasteiger partial charge in [-0.25, -0.2) is 0 Å². The van der Waals surface area contributed by atoms with Gasteiger partial charge < -0.3 is 15.5 Å². The van der Waals surface area contributed by atoms with E-state index in [-0.39, 0.29) is 47.7 Å². The molecule has 1 saturated carbocycles. The fourth-order valence-electron chi connectivity index (χ4n) is 4.59. The molecule has 0 spiro atoms. The van der Waals surface area contributed by atoms with Crippen molar-refractivity contribution in [1.29, 1.82) is 0 Å². The molecule has 3 atom stereocenters. The first-order valence-corrected chi connectivity index (χ1v) is 12.8. The molecule has 1 aliphatic heterocycles. The van der Waals surface area contributed by atoms with Gasteiger partial charge in [0.1, 0.15) is 6.04 Å². The van der Waals surface area contributed by atoms with Crippen LogP contribution in [0.1, 0.15) is 80.6 Å². The Labute approximate surface area is 200 Å². The third kappa shape index (κ3) is 7.56. The van der Waals surface area contributed by atoms with Crippen LogP contribution in [0.3, 0.4) is 0 Å². The zero-order valence-corrected chi connectivity index (χ0v) is 22.0. The van der Waals surface area contributed by atoms with Crippen molar-refractivity contribution in [3.63, 3.8) is 0 Å². The summed E-state index contributed by atoms with van der Waals surface area (Å²) in [6.45, 7) is 15.0. The van der Waals surface area contributed by atoms with E-state index in [0.717, 1.165) is 38.6 Å². The lowest BCUT2D eigenvalue weighted by Gasteiger charge is -2.39. The van der Waals surface area contributed by atoms with E-state index in [0.29, 0.717) is 11.6 Å². The molecule has 1 heterocycles. The summed E-state index contributed by atoms with van der Waals surface area (Å²) < 4.78 is 0. The predicted octanol–water partition coefficient (Wildman–Crippen LogP) is 3.10. The molecule has 0 aromatic rings. The number of nitrogens with zero attached hydrogens (tertiary/aromatic N) is 2. The number of piperidine rings is 1. The van der Waals surface area contributed by atoms with E-state index >= 15 is 0 Å². The van der Waals surface area contributed by atoms with E-state index in [4.69, 9.17) is 0 Å². The van der Waals surface area contributed by atoms with Crippen LogP contribution >= 0.6 is 0 Å². The van der Waals surface area contributed by atoms with Gasteiger partial charge in [-0.2, -0.15) is 0 Å². The second-order valence-electron chi connectivity index (χ2n) is 10.9. The molecule has 7 nitrogen and oxygen atoms in total. The van der Waals surface area contributed by atoms with Gasteiger partial charge in [0, 0.05) is 24.7 Å². The van der Waals surface area contributed by atoms with Crippen molar-refractivity contribution in [2.45, 2.75) is 111 Å². The Morgan fingerprint density at radius 3 is 2.12 bits per heavy atom. The molecule has 0 aromatic heterocycles. The van der Waals surface area contributed by atoms with Crippen molar-refractivity contribution in [3.8, 4) is 0 Å². The van der Waals surface area contributed by atoms with E-state index in [1.165, 1.54) is 0 Å². The maximum atomic E-state index is 13.6. The summed E-state index contributed by atoms with van der Waals surface area (Å²) in [5.74, 6) is -0.156. The van der Waals surface area contributed by atoms with Gasteiger partial charge in [-0.1, -0.05) is 40.2 Å². The molecule has 2 rings (SSSR count). The number of hydrogen-bond donors (Lipinski definition) is 2. The highest BCUT2D eigenvalue weighted by Crippen LogP contribution is 2.22. The van der Waals surface area contributed by atoms with Crippen molar-refractivity contribution in [2.75, 3.05) is 13.6 Å². The van der Waals surface area contributed by atoms with Crippen molar-refractivity contribution < 1.29 is 14.4 Å². The van der Waals surface area contributed by atoms with Gasteiger partial charge in [-0.3, -0.25) is 19.3 Å². The van der Waals surface area contributed by atoms with E-state index in [9.17, 15) is 14.4 Å². The summed E-state index contributed by atoms with van der Waals surface area (Å²) in [6, 6.07) is -0.441. The molecule has 0 aromatic carbocycles. The van der Waals surface area contributed by atoms with Gasteiger partial charge >= 0.3 is 0 Å². The van der Waals surface area contributed by atoms with E-state index in [2.05, 4.69) is 29.4 Å². The smallest absolute Gasteiger partial charge is 0.246 e. The number of likely N-dealkylation sites (N-methyl/N-ethyl adjacent to an activating group) is 1. The summed E-state index contributed by atoms with van der Waals surface area (Å²) >= 11 is 0. The number of carbonyl (C=O) groups excluding carboxylic acids is 3. The monoisotopic (exact) mass is 462 g/mol. The topological polar surface area (TPSA) is 81.8 Å². The Kier molecular flexibility index (Phi) is 9.95. The number of likely N-dealkylation sites (tertiary alicyclic amines) is 1. The van der Waals surface area contributed by atoms with Crippen LogP contribution in [0.25, 0.3) is 0 Å². The summed E-state index contributed by atoms with van der Waals surface area (Å²) in [4.78, 5) is 43.2. The minimum Gasteiger partial charge on any atom is -0.350 e. The highest BCUT2D eigenvalue weighted by molar-refractivity contribution is 5.93. The number of amides is 3. The Balaban J connectivity index is 2.14. The van der Waals surface area contributed by atoms with Crippen LogP contribution < -0.4 is 10.6 Å². The fourth-order valence-corrected chi connectivity index (χ4v) is 4.59. The van der Waals surface area contributed by atoms with E-state index in [1.807, 2.05) is 33.8 Å². The molecule has 188 valence electrons. The van der Waals surface area contributed by atoms with Crippen LogP contribution in [0.5, 0.6) is 0 Å². The van der Waals surface area contributed by atoms with Crippen LogP contribution in [0.2, 0.25) is 0 Å². The Hall–Kier alpha value is -1.89. The van der Waals surface area contributed by atoms with Crippen molar-refractivity contribution in [3.05, 3.63) is 11.6 Å². The zero-order valence-electron chi connectivity index (χ0n) is 22.0. The first kappa shape index (κ1) is 27.4. The van der Waals surface area contributed by atoms with Gasteiger partial charge in [0.05, 0.1) is 12.1 Å². The van der Waals surface area contributed by atoms with Gasteiger partial charge in [0.2, 0.25) is 17.7 Å². The van der Waals surface area contributed by atoms with Gasteiger partial charge in [-0.05, 0) is 64.8 Å². The lowest BCUT2D eigenvalue weighted by atomic mass is 9.95. The lowest BCUT2D eigenvalue weighted by Crippen LogP contribution is -2.58. The highest BCUT2D eigenvalue weighted by Gasteiger charge is 2.36. The fraction of sp³-hybridized carbons (Fsp3) is 0.808. The molecule has 2 aliphatic rings. The second-order valence-corrected chi connectivity index (χ2v) is 10.9. The standard InChI is InChI=1S/C26H46N4O3/c1-16(2)22(15-19(7)24(31)27-20-12-13-20)29(8)26(33)23(17(3)4)28-25(32)21-11-9-10-14-30(21)18(5)6/h15-18,20-23H,9-14H2,1-8H3,(H,27,31)(H,28,32)/t21-,22-,23+/m1/s1. The maximum Gasteiger partial charge on any atom is 0.246 e. The first-order valence-electron chi connectivity index (χ1n) is 12.8. The predicted molar refractivity (Wildman–Crippen MR) is 133 cm³/mol. The third-order valence-corrected chi connectivity index (χ3v) is 6.91. The molecule has 1 saturated heterocycles. The Morgan fingerprint density at radius 1 is 0.970 bits per heavy atom. The first-order chi connectivity index (χ1) is 15.4. The molecule has 0 unspecified atom stereocenters. The minimum atomic E-state index is -0.603. The van der Waals surface area contributed by atoms with Crippen LogP contribution in [-0.4, -0.2) is 71.3 Å². The second kappa shape index (κ2) is 12.0. The lowest BCUT2D eigenvalue weighted by molar-refractivity contribution is -0.140. The largest absolute Gasteiger partial charge is 0.350 e. The quantitative estimate of drug-likeness (QED) is 0.489. The van der Waals surface area contributed by atoms with E-state index in [1.54, 1.807) is 18.9 Å². The van der Waals surface area contributed by atoms with Crippen LogP contribution in [0.4, 0.5) is 0 Å². The summed E-state index contributed by atoms with van der Waals surface area (Å²) in [7, 11) is 1.78. The van der Waals surface area contributed by atoms with Crippen LogP contribution in [0, 0.1) is 11.8 Å². The van der Waals surface area contributed by atoms with Crippen LogP contribution in [0.15, 0.2) is 11.6 Å². The Bertz CT molecular complexity index is 727. The molecule has 1 aliphatic carbocycles. The SMILES string of the molecule is CC(=C[C@H](C(C)C)N(C)C(=O)[C@@H](NC(=O)[C@H]1CCCCN1C(C)C)C(C)C)C(=O)NC1CC1. The highest BCUT2D eigenvalue weighted by atomic mass is 16.2. The van der Waals surface area contributed by atoms with Gasteiger partial charge in [0.15, 0.2) is 0 Å². The molecule has 2 fully saturated rings. The summed E-state index contributed by atoms with van der Waals surface area (Å²) in [5.41, 5.74) is 0.625. The molecule has 0 bridgehead atoms. The number of hydrogen-bond acceptors (Lipinski definition) is 4. The van der Waals surface area contributed by atoms with E-state index < -0.39 is 6.04 Å². The maximum absolute atomic E-state index is 13.6. The molecule has 33 heavy (non-hydrogen) atoms. The van der Waals surface area contributed by atoms with Crippen molar-refractivity contribution >= 4 is 17.7 Å².